The Bertz CT molecular complexity index is 312. The normalized spacial score (nSPS) is 22.2. The summed E-state index contributed by atoms with van der Waals surface area (Å²) in [5.41, 5.74) is 3.36. The van der Waals surface area contributed by atoms with Gasteiger partial charge in [0.1, 0.15) is 5.82 Å². The first-order chi connectivity index (χ1) is 6.27. The van der Waals surface area contributed by atoms with E-state index in [4.69, 9.17) is 16.4 Å². The average molecular weight is 202 g/mol. The monoisotopic (exact) mass is 201 g/mol. The highest BCUT2D eigenvalue weighted by Gasteiger charge is 2.20. The largest absolute Gasteiger partial charge is 0.301 e. The van der Waals surface area contributed by atoms with Crippen LogP contribution in [0.3, 0.4) is 0 Å². The van der Waals surface area contributed by atoms with Crippen molar-refractivity contribution in [2.75, 3.05) is 6.61 Å². The van der Waals surface area contributed by atoms with Crippen LogP contribution >= 0.6 is 11.6 Å². The maximum atomic E-state index is 13.3. The topological polar surface area (TPSA) is 21.3 Å². The van der Waals surface area contributed by atoms with Crippen molar-refractivity contribution < 1.29 is 9.23 Å². The van der Waals surface area contributed by atoms with Crippen molar-refractivity contribution in [3.05, 3.63) is 34.6 Å². The zero-order valence-electron chi connectivity index (χ0n) is 6.89. The Morgan fingerprint density at radius 1 is 1.54 bits per heavy atom. The van der Waals surface area contributed by atoms with Gasteiger partial charge in [-0.3, -0.25) is 0 Å². The highest BCUT2D eigenvalue weighted by Crippen LogP contribution is 2.25. The van der Waals surface area contributed by atoms with E-state index in [1.54, 1.807) is 12.1 Å². The van der Waals surface area contributed by atoms with Crippen LogP contribution in [-0.4, -0.2) is 6.61 Å². The molecule has 0 aromatic heterocycles. The summed E-state index contributed by atoms with van der Waals surface area (Å²) in [6, 6.07) is 4.64. The summed E-state index contributed by atoms with van der Waals surface area (Å²) >= 11 is 5.63. The van der Waals surface area contributed by atoms with Gasteiger partial charge in [-0.05, 0) is 18.6 Å². The van der Waals surface area contributed by atoms with Gasteiger partial charge in [-0.25, -0.2) is 4.39 Å². The van der Waals surface area contributed by atoms with Crippen molar-refractivity contribution in [1.82, 2.24) is 5.48 Å². The molecule has 1 aliphatic rings. The highest BCUT2D eigenvalue weighted by molar-refractivity contribution is 6.30. The van der Waals surface area contributed by atoms with Crippen molar-refractivity contribution in [3.8, 4) is 0 Å². The second kappa shape index (κ2) is 3.62. The third kappa shape index (κ3) is 1.82. The molecule has 0 bridgehead atoms. The molecule has 0 amide bonds. The molecule has 1 saturated heterocycles. The van der Waals surface area contributed by atoms with E-state index in [1.165, 1.54) is 6.07 Å². The maximum absolute atomic E-state index is 13.3. The fraction of sp³-hybridized carbons (Fsp3) is 0.333. The van der Waals surface area contributed by atoms with Gasteiger partial charge in [0.25, 0.3) is 0 Å². The molecule has 0 aliphatic carbocycles. The fourth-order valence-electron chi connectivity index (χ4n) is 1.40. The minimum Gasteiger partial charge on any atom is -0.301 e. The molecular formula is C9H9ClFNO. The van der Waals surface area contributed by atoms with Gasteiger partial charge in [-0.15, -0.1) is 0 Å². The summed E-state index contributed by atoms with van der Waals surface area (Å²) in [7, 11) is 0. The number of rotatable bonds is 1. The van der Waals surface area contributed by atoms with Gasteiger partial charge in [0.05, 0.1) is 12.6 Å². The molecule has 70 valence electrons. The van der Waals surface area contributed by atoms with E-state index >= 15 is 0 Å². The Hall–Kier alpha value is -0.640. The van der Waals surface area contributed by atoms with Crippen molar-refractivity contribution >= 4 is 11.6 Å². The summed E-state index contributed by atoms with van der Waals surface area (Å²) < 4.78 is 13.3. The van der Waals surface area contributed by atoms with Gasteiger partial charge in [-0.2, -0.15) is 5.48 Å². The second-order valence-corrected chi connectivity index (χ2v) is 3.41. The lowest BCUT2D eigenvalue weighted by atomic mass is 10.1. The molecule has 4 heteroatoms. The molecule has 1 atom stereocenters. The van der Waals surface area contributed by atoms with E-state index in [0.717, 1.165) is 6.42 Å². The molecular weight excluding hydrogens is 193 g/mol. The standard InChI is InChI=1S/C9H9ClFNO/c10-6-1-2-7(8(11)5-6)9-3-4-13-12-9/h1-2,5,9,12H,3-4H2. The minimum atomic E-state index is -0.282. The molecule has 1 aromatic carbocycles. The van der Waals surface area contributed by atoms with Crippen LogP contribution < -0.4 is 5.48 Å². The van der Waals surface area contributed by atoms with Crippen molar-refractivity contribution in [2.24, 2.45) is 0 Å². The van der Waals surface area contributed by atoms with Gasteiger partial charge in [0.15, 0.2) is 0 Å². The first-order valence-corrected chi connectivity index (χ1v) is 4.47. The van der Waals surface area contributed by atoms with E-state index in [1.807, 2.05) is 0 Å². The second-order valence-electron chi connectivity index (χ2n) is 2.97. The third-order valence-corrected chi connectivity index (χ3v) is 2.31. The molecule has 1 fully saturated rings. The van der Waals surface area contributed by atoms with Crippen LogP contribution in [0.2, 0.25) is 5.02 Å². The Kier molecular flexibility index (Phi) is 2.49. The molecule has 1 unspecified atom stereocenters. The van der Waals surface area contributed by atoms with Crippen molar-refractivity contribution in [1.29, 1.82) is 0 Å². The average Bonchev–Trinajstić information content (AvgIpc) is 2.56. The quantitative estimate of drug-likeness (QED) is 0.754. The number of halogens is 2. The molecule has 0 radical (unpaired) electrons. The highest BCUT2D eigenvalue weighted by atomic mass is 35.5. The fourth-order valence-corrected chi connectivity index (χ4v) is 1.56. The van der Waals surface area contributed by atoms with Gasteiger partial charge >= 0.3 is 0 Å². The first-order valence-electron chi connectivity index (χ1n) is 4.09. The molecule has 0 spiro atoms. The van der Waals surface area contributed by atoms with Crippen LogP contribution in [0, 0.1) is 5.82 Å². The van der Waals surface area contributed by atoms with E-state index in [2.05, 4.69) is 5.48 Å². The molecule has 2 nitrogen and oxygen atoms in total. The van der Waals surface area contributed by atoms with Crippen LogP contribution in [0.25, 0.3) is 0 Å². The predicted octanol–water partition coefficient (Wildman–Crippen LogP) is 2.45. The molecule has 1 aliphatic heterocycles. The summed E-state index contributed by atoms with van der Waals surface area (Å²) in [5, 5.41) is 0.417. The third-order valence-electron chi connectivity index (χ3n) is 2.07. The Morgan fingerprint density at radius 3 is 3.00 bits per heavy atom. The lowest BCUT2D eigenvalue weighted by Gasteiger charge is -2.09. The van der Waals surface area contributed by atoms with Crippen LogP contribution in [0.15, 0.2) is 18.2 Å². The molecule has 13 heavy (non-hydrogen) atoms. The van der Waals surface area contributed by atoms with Crippen molar-refractivity contribution in [2.45, 2.75) is 12.5 Å². The number of hydrogen-bond acceptors (Lipinski definition) is 2. The predicted molar refractivity (Wildman–Crippen MR) is 47.9 cm³/mol. The van der Waals surface area contributed by atoms with E-state index < -0.39 is 0 Å². The van der Waals surface area contributed by atoms with Gasteiger partial charge < -0.3 is 4.84 Å². The lowest BCUT2D eigenvalue weighted by Crippen LogP contribution is -2.12. The summed E-state index contributed by atoms with van der Waals surface area (Å²) in [6.45, 7) is 0.618. The Balaban J connectivity index is 2.29. The van der Waals surface area contributed by atoms with Gasteiger partial charge in [0.2, 0.25) is 0 Å². The molecule has 1 N–H and O–H groups in total. The van der Waals surface area contributed by atoms with E-state index in [0.29, 0.717) is 17.2 Å². The Morgan fingerprint density at radius 2 is 2.38 bits per heavy atom. The molecule has 1 heterocycles. The van der Waals surface area contributed by atoms with E-state index in [-0.39, 0.29) is 11.9 Å². The smallest absolute Gasteiger partial charge is 0.129 e. The number of hydrogen-bond donors (Lipinski definition) is 1. The number of benzene rings is 1. The van der Waals surface area contributed by atoms with E-state index in [9.17, 15) is 4.39 Å². The minimum absolute atomic E-state index is 0.0442. The number of hydroxylamine groups is 1. The molecule has 1 aromatic rings. The molecule has 0 saturated carbocycles. The molecule has 2 rings (SSSR count). The summed E-state index contributed by atoms with van der Waals surface area (Å²) in [6.07, 6.45) is 0.790. The zero-order valence-corrected chi connectivity index (χ0v) is 7.64. The zero-order chi connectivity index (χ0) is 9.26. The van der Waals surface area contributed by atoms with Gasteiger partial charge in [0, 0.05) is 10.6 Å². The van der Waals surface area contributed by atoms with Crippen LogP contribution in [-0.2, 0) is 4.84 Å². The van der Waals surface area contributed by atoms with Crippen LogP contribution in [0.4, 0.5) is 4.39 Å². The van der Waals surface area contributed by atoms with Crippen LogP contribution in [0.1, 0.15) is 18.0 Å². The maximum Gasteiger partial charge on any atom is 0.129 e. The SMILES string of the molecule is Fc1cc(Cl)ccc1C1CCON1. The number of nitrogens with one attached hydrogen (secondary N) is 1. The van der Waals surface area contributed by atoms with Crippen LogP contribution in [0.5, 0.6) is 0 Å². The lowest BCUT2D eigenvalue weighted by molar-refractivity contribution is 0.0877. The summed E-state index contributed by atoms with van der Waals surface area (Å²) in [5.74, 6) is -0.282. The van der Waals surface area contributed by atoms with Gasteiger partial charge in [-0.1, -0.05) is 17.7 Å². The summed E-state index contributed by atoms with van der Waals surface area (Å²) in [4.78, 5) is 4.95. The first kappa shape index (κ1) is 8.94. The van der Waals surface area contributed by atoms with Crippen molar-refractivity contribution in [3.63, 3.8) is 0 Å². The Labute approximate surface area is 80.6 Å².